The first-order valence-electron chi connectivity index (χ1n) is 8.75. The summed E-state index contributed by atoms with van der Waals surface area (Å²) in [5.74, 6) is 0.0936. The molecule has 0 aromatic rings. The molecule has 21 heavy (non-hydrogen) atoms. The summed E-state index contributed by atoms with van der Waals surface area (Å²) >= 11 is 0. The maximum Gasteiger partial charge on any atom is 0.220 e. The van der Waals surface area contributed by atoms with Gasteiger partial charge in [0.25, 0.3) is 0 Å². The number of nitrogens with one attached hydrogen (secondary N) is 1. The molecule has 0 spiro atoms. The van der Waals surface area contributed by atoms with E-state index in [1.165, 1.54) is 32.1 Å². The van der Waals surface area contributed by atoms with E-state index in [2.05, 4.69) is 18.8 Å². The molecule has 0 saturated heterocycles. The van der Waals surface area contributed by atoms with E-state index in [1.807, 2.05) is 6.08 Å². The molecule has 0 fully saturated rings. The monoisotopic (exact) mass is 297 g/mol. The van der Waals surface area contributed by atoms with Crippen molar-refractivity contribution in [2.24, 2.45) is 0 Å². The third-order valence-corrected chi connectivity index (χ3v) is 3.80. The van der Waals surface area contributed by atoms with Gasteiger partial charge in [0.2, 0.25) is 5.91 Å². The summed E-state index contributed by atoms with van der Waals surface area (Å²) in [6, 6.07) is -0.0534. The molecule has 0 aromatic heterocycles. The summed E-state index contributed by atoms with van der Waals surface area (Å²) in [6.45, 7) is 5.90. The Hall–Kier alpha value is -0.830. The molecule has 0 rings (SSSR count). The van der Waals surface area contributed by atoms with Crippen molar-refractivity contribution in [3.63, 3.8) is 0 Å². The Morgan fingerprint density at radius 3 is 2.29 bits per heavy atom. The number of rotatable bonds is 15. The first-order chi connectivity index (χ1) is 10.2. The molecule has 2 N–H and O–H groups in total. The number of aliphatic hydroxyl groups excluding tert-OH is 1. The van der Waals surface area contributed by atoms with Crippen LogP contribution in [-0.4, -0.2) is 23.7 Å². The zero-order chi connectivity index (χ0) is 15.8. The average molecular weight is 297 g/mol. The van der Waals surface area contributed by atoms with Gasteiger partial charge in [-0.15, -0.1) is 6.58 Å². The Balaban J connectivity index is 3.41. The second-order valence-electron chi connectivity index (χ2n) is 5.89. The molecule has 1 atom stereocenters. The number of carbonyl (C=O) groups excluding carboxylic acids is 1. The van der Waals surface area contributed by atoms with E-state index in [1.54, 1.807) is 0 Å². The number of aliphatic hydroxyl groups is 1. The first kappa shape index (κ1) is 20.2. The van der Waals surface area contributed by atoms with Crippen molar-refractivity contribution in [1.82, 2.24) is 5.32 Å². The SMILES string of the molecule is C=CCCCCCCCCCC(=O)NC(CO)CCCC. The molecule has 124 valence electrons. The fourth-order valence-electron chi connectivity index (χ4n) is 2.42. The lowest BCUT2D eigenvalue weighted by Gasteiger charge is -2.15. The van der Waals surface area contributed by atoms with Gasteiger partial charge in [0.1, 0.15) is 0 Å². The Morgan fingerprint density at radius 2 is 1.71 bits per heavy atom. The van der Waals surface area contributed by atoms with Gasteiger partial charge in [0.05, 0.1) is 12.6 Å². The largest absolute Gasteiger partial charge is 0.394 e. The second kappa shape index (κ2) is 15.6. The van der Waals surface area contributed by atoms with Crippen LogP contribution in [0.1, 0.15) is 84.0 Å². The van der Waals surface area contributed by atoms with Gasteiger partial charge < -0.3 is 10.4 Å². The van der Waals surface area contributed by atoms with Crippen molar-refractivity contribution in [3.8, 4) is 0 Å². The zero-order valence-corrected chi connectivity index (χ0v) is 13.9. The average Bonchev–Trinajstić information content (AvgIpc) is 2.49. The van der Waals surface area contributed by atoms with Crippen LogP contribution < -0.4 is 5.32 Å². The lowest BCUT2D eigenvalue weighted by molar-refractivity contribution is -0.122. The summed E-state index contributed by atoms with van der Waals surface area (Å²) < 4.78 is 0. The smallest absolute Gasteiger partial charge is 0.220 e. The molecule has 0 aliphatic carbocycles. The summed E-state index contributed by atoms with van der Waals surface area (Å²) in [5.41, 5.74) is 0. The van der Waals surface area contributed by atoms with Crippen LogP contribution in [0.5, 0.6) is 0 Å². The van der Waals surface area contributed by atoms with Crippen molar-refractivity contribution in [1.29, 1.82) is 0 Å². The topological polar surface area (TPSA) is 49.3 Å². The van der Waals surface area contributed by atoms with Crippen LogP contribution in [-0.2, 0) is 4.79 Å². The van der Waals surface area contributed by atoms with Gasteiger partial charge in [-0.25, -0.2) is 0 Å². The van der Waals surface area contributed by atoms with E-state index in [0.29, 0.717) is 6.42 Å². The van der Waals surface area contributed by atoms with Gasteiger partial charge in [-0.3, -0.25) is 4.79 Å². The normalized spacial score (nSPS) is 12.1. The van der Waals surface area contributed by atoms with E-state index < -0.39 is 0 Å². The Kier molecular flexibility index (Phi) is 14.9. The summed E-state index contributed by atoms with van der Waals surface area (Å²) in [4.78, 5) is 11.8. The van der Waals surface area contributed by atoms with Gasteiger partial charge in [-0.2, -0.15) is 0 Å². The second-order valence-corrected chi connectivity index (χ2v) is 5.89. The predicted octanol–water partition coefficient (Wildman–Crippen LogP) is 4.35. The molecule has 0 aliphatic heterocycles. The molecule has 3 heteroatoms. The molecule has 0 aliphatic rings. The highest BCUT2D eigenvalue weighted by atomic mass is 16.3. The van der Waals surface area contributed by atoms with Crippen LogP contribution in [0.15, 0.2) is 12.7 Å². The van der Waals surface area contributed by atoms with Crippen LogP contribution in [0.4, 0.5) is 0 Å². The number of unbranched alkanes of at least 4 members (excludes halogenated alkanes) is 8. The van der Waals surface area contributed by atoms with Gasteiger partial charge in [0, 0.05) is 6.42 Å². The van der Waals surface area contributed by atoms with Crippen molar-refractivity contribution >= 4 is 5.91 Å². The van der Waals surface area contributed by atoms with E-state index in [9.17, 15) is 9.90 Å². The third kappa shape index (κ3) is 13.9. The quantitative estimate of drug-likeness (QED) is 0.349. The molecule has 0 aromatic carbocycles. The predicted molar refractivity (Wildman–Crippen MR) is 90.3 cm³/mol. The minimum atomic E-state index is -0.0534. The molecular formula is C18H35NO2. The fraction of sp³-hybridized carbons (Fsp3) is 0.833. The molecule has 0 bridgehead atoms. The molecule has 1 unspecified atom stereocenters. The molecule has 0 heterocycles. The Bertz CT molecular complexity index is 254. The number of carbonyl (C=O) groups is 1. The van der Waals surface area contributed by atoms with Gasteiger partial charge in [-0.1, -0.05) is 57.9 Å². The van der Waals surface area contributed by atoms with E-state index in [-0.39, 0.29) is 18.6 Å². The summed E-state index contributed by atoms with van der Waals surface area (Å²) in [5, 5.41) is 12.1. The molecule has 0 radical (unpaired) electrons. The number of hydrogen-bond acceptors (Lipinski definition) is 2. The van der Waals surface area contributed by atoms with E-state index in [4.69, 9.17) is 0 Å². The van der Waals surface area contributed by atoms with Crippen LogP contribution in [0.3, 0.4) is 0 Å². The number of amides is 1. The number of hydrogen-bond donors (Lipinski definition) is 2. The van der Waals surface area contributed by atoms with Gasteiger partial charge >= 0.3 is 0 Å². The Labute approximate surface area is 131 Å². The lowest BCUT2D eigenvalue weighted by atomic mass is 10.1. The maximum atomic E-state index is 11.8. The molecule has 0 saturated carbocycles. The van der Waals surface area contributed by atoms with Crippen LogP contribution in [0.25, 0.3) is 0 Å². The molecular weight excluding hydrogens is 262 g/mol. The van der Waals surface area contributed by atoms with Crippen molar-refractivity contribution in [2.75, 3.05) is 6.61 Å². The highest BCUT2D eigenvalue weighted by molar-refractivity contribution is 5.76. The minimum absolute atomic E-state index is 0.0520. The zero-order valence-electron chi connectivity index (χ0n) is 13.9. The highest BCUT2D eigenvalue weighted by Crippen LogP contribution is 2.10. The van der Waals surface area contributed by atoms with Crippen molar-refractivity contribution in [2.45, 2.75) is 90.0 Å². The van der Waals surface area contributed by atoms with E-state index >= 15 is 0 Å². The first-order valence-corrected chi connectivity index (χ1v) is 8.75. The van der Waals surface area contributed by atoms with Crippen molar-refractivity contribution < 1.29 is 9.90 Å². The van der Waals surface area contributed by atoms with E-state index in [0.717, 1.165) is 38.5 Å². The minimum Gasteiger partial charge on any atom is -0.394 e. The van der Waals surface area contributed by atoms with Crippen LogP contribution in [0, 0.1) is 0 Å². The number of allylic oxidation sites excluding steroid dienone is 1. The standard InChI is InChI=1S/C18H35NO2/c1-3-5-7-8-9-10-11-12-13-15-18(21)19-17(16-20)14-6-4-2/h3,17,20H,1,4-16H2,2H3,(H,19,21). The van der Waals surface area contributed by atoms with Gasteiger partial charge in [-0.05, 0) is 25.7 Å². The Morgan fingerprint density at radius 1 is 1.10 bits per heavy atom. The lowest BCUT2D eigenvalue weighted by Crippen LogP contribution is -2.37. The summed E-state index contributed by atoms with van der Waals surface area (Å²) in [7, 11) is 0. The molecule has 1 amide bonds. The third-order valence-electron chi connectivity index (χ3n) is 3.80. The van der Waals surface area contributed by atoms with Crippen molar-refractivity contribution in [3.05, 3.63) is 12.7 Å². The highest BCUT2D eigenvalue weighted by Gasteiger charge is 2.10. The molecule has 3 nitrogen and oxygen atoms in total. The maximum absolute atomic E-state index is 11.8. The summed E-state index contributed by atoms with van der Waals surface area (Å²) in [6.07, 6.45) is 15.2. The van der Waals surface area contributed by atoms with Crippen LogP contribution >= 0.6 is 0 Å². The van der Waals surface area contributed by atoms with Crippen LogP contribution in [0.2, 0.25) is 0 Å². The fourth-order valence-corrected chi connectivity index (χ4v) is 2.42. The van der Waals surface area contributed by atoms with Gasteiger partial charge in [0.15, 0.2) is 0 Å².